The maximum absolute atomic E-state index is 12.4. The lowest BCUT2D eigenvalue weighted by molar-refractivity contribution is 0.102. The summed E-state index contributed by atoms with van der Waals surface area (Å²) in [6, 6.07) is 8.73. The van der Waals surface area contributed by atoms with Crippen molar-refractivity contribution in [1.82, 2.24) is 14.4 Å². The van der Waals surface area contributed by atoms with Crippen molar-refractivity contribution in [2.24, 2.45) is 0 Å². The summed E-state index contributed by atoms with van der Waals surface area (Å²) in [5.74, 6) is -0.140. The second kappa shape index (κ2) is 5.16. The first-order chi connectivity index (χ1) is 10.1. The van der Waals surface area contributed by atoms with E-state index in [0.717, 1.165) is 5.56 Å². The van der Waals surface area contributed by atoms with Crippen LogP contribution < -0.4 is 10.9 Å². The number of amides is 1. The van der Waals surface area contributed by atoms with E-state index in [4.69, 9.17) is 0 Å². The Labute approximate surface area is 120 Å². The molecular formula is C15H12N4O2. The van der Waals surface area contributed by atoms with Gasteiger partial charge in [0.2, 0.25) is 0 Å². The largest absolute Gasteiger partial charge is 0.306 e. The fourth-order valence-electron chi connectivity index (χ4n) is 1.96. The smallest absolute Gasteiger partial charge is 0.270 e. The van der Waals surface area contributed by atoms with Crippen LogP contribution in [0.2, 0.25) is 0 Å². The Balaban J connectivity index is 2.02. The lowest BCUT2D eigenvalue weighted by Crippen LogP contribution is -2.27. The molecule has 0 aromatic carbocycles. The number of anilines is 1. The minimum atomic E-state index is -0.526. The van der Waals surface area contributed by atoms with Crippen molar-refractivity contribution in [3.8, 4) is 0 Å². The van der Waals surface area contributed by atoms with Crippen molar-refractivity contribution < 1.29 is 4.79 Å². The summed E-state index contributed by atoms with van der Waals surface area (Å²) < 4.78 is 1.36. The number of carbonyl (C=O) groups is 1. The van der Waals surface area contributed by atoms with E-state index in [9.17, 15) is 9.59 Å². The van der Waals surface area contributed by atoms with Gasteiger partial charge in [0.1, 0.15) is 17.0 Å². The third-order valence-electron chi connectivity index (χ3n) is 3.00. The summed E-state index contributed by atoms with van der Waals surface area (Å²) in [4.78, 5) is 32.6. The predicted molar refractivity (Wildman–Crippen MR) is 78.4 cm³/mol. The summed E-state index contributed by atoms with van der Waals surface area (Å²) in [5.41, 5.74) is 0.981. The summed E-state index contributed by atoms with van der Waals surface area (Å²) >= 11 is 0. The van der Waals surface area contributed by atoms with Gasteiger partial charge in [-0.3, -0.25) is 14.0 Å². The average molecular weight is 280 g/mol. The van der Waals surface area contributed by atoms with E-state index >= 15 is 0 Å². The topological polar surface area (TPSA) is 76.4 Å². The van der Waals surface area contributed by atoms with E-state index < -0.39 is 11.5 Å². The first-order valence-corrected chi connectivity index (χ1v) is 6.35. The zero-order valence-electron chi connectivity index (χ0n) is 11.3. The Morgan fingerprint density at radius 1 is 1.19 bits per heavy atom. The average Bonchev–Trinajstić information content (AvgIpc) is 2.49. The number of rotatable bonds is 2. The number of aryl methyl sites for hydroxylation is 1. The van der Waals surface area contributed by atoms with E-state index in [-0.39, 0.29) is 5.56 Å². The third-order valence-corrected chi connectivity index (χ3v) is 3.00. The highest BCUT2D eigenvalue weighted by atomic mass is 16.2. The summed E-state index contributed by atoms with van der Waals surface area (Å²) in [6.07, 6.45) is 4.50. The van der Waals surface area contributed by atoms with Crippen molar-refractivity contribution in [3.63, 3.8) is 0 Å². The van der Waals surface area contributed by atoms with Gasteiger partial charge in [0.15, 0.2) is 0 Å². The number of carbonyl (C=O) groups excluding carboxylic acids is 1. The van der Waals surface area contributed by atoms with Gasteiger partial charge in [-0.15, -0.1) is 0 Å². The SMILES string of the molecule is Cc1ccc2ncc(C(=O)Nc3ccccn3)c(=O)n2c1. The second-order valence-corrected chi connectivity index (χ2v) is 4.58. The van der Waals surface area contributed by atoms with Crippen LogP contribution in [0, 0.1) is 6.92 Å². The molecule has 3 heterocycles. The van der Waals surface area contributed by atoms with Gasteiger partial charge in [-0.05, 0) is 30.7 Å². The molecule has 0 aliphatic carbocycles. The van der Waals surface area contributed by atoms with E-state index in [1.165, 1.54) is 10.6 Å². The van der Waals surface area contributed by atoms with Gasteiger partial charge in [0.25, 0.3) is 11.5 Å². The highest BCUT2D eigenvalue weighted by Gasteiger charge is 2.13. The van der Waals surface area contributed by atoms with Crippen LogP contribution >= 0.6 is 0 Å². The number of hydrogen-bond donors (Lipinski definition) is 1. The highest BCUT2D eigenvalue weighted by molar-refractivity contribution is 6.03. The fourth-order valence-corrected chi connectivity index (χ4v) is 1.96. The Hall–Kier alpha value is -3.02. The van der Waals surface area contributed by atoms with Gasteiger partial charge >= 0.3 is 0 Å². The zero-order valence-corrected chi connectivity index (χ0v) is 11.3. The van der Waals surface area contributed by atoms with Gasteiger partial charge in [0.05, 0.1) is 0 Å². The first kappa shape index (κ1) is 13.0. The van der Waals surface area contributed by atoms with Crippen LogP contribution in [0.1, 0.15) is 15.9 Å². The van der Waals surface area contributed by atoms with Gasteiger partial charge in [-0.1, -0.05) is 12.1 Å². The lowest BCUT2D eigenvalue weighted by Gasteiger charge is -2.06. The molecule has 0 bridgehead atoms. The van der Waals surface area contributed by atoms with Crippen LogP contribution in [0.15, 0.2) is 53.7 Å². The molecule has 0 unspecified atom stereocenters. The zero-order chi connectivity index (χ0) is 14.8. The van der Waals surface area contributed by atoms with E-state index in [2.05, 4.69) is 15.3 Å². The Bertz CT molecular complexity index is 872. The van der Waals surface area contributed by atoms with Crippen LogP contribution in [0.5, 0.6) is 0 Å². The van der Waals surface area contributed by atoms with E-state index in [1.807, 2.05) is 13.0 Å². The maximum Gasteiger partial charge on any atom is 0.270 e. The summed E-state index contributed by atoms with van der Waals surface area (Å²) in [7, 11) is 0. The normalized spacial score (nSPS) is 10.5. The van der Waals surface area contributed by atoms with Crippen molar-refractivity contribution in [2.45, 2.75) is 6.92 Å². The molecule has 0 radical (unpaired) electrons. The molecule has 0 fully saturated rings. The molecule has 1 N–H and O–H groups in total. The minimum Gasteiger partial charge on any atom is -0.306 e. The van der Waals surface area contributed by atoms with Gasteiger partial charge in [-0.2, -0.15) is 0 Å². The number of nitrogens with zero attached hydrogens (tertiary/aromatic N) is 3. The van der Waals surface area contributed by atoms with Crippen molar-refractivity contribution in [2.75, 3.05) is 5.32 Å². The monoisotopic (exact) mass is 280 g/mol. The molecule has 6 heteroatoms. The lowest BCUT2D eigenvalue weighted by atomic mass is 10.2. The number of hydrogen-bond acceptors (Lipinski definition) is 4. The molecule has 21 heavy (non-hydrogen) atoms. The molecule has 104 valence electrons. The van der Waals surface area contributed by atoms with Gasteiger partial charge < -0.3 is 5.32 Å². The van der Waals surface area contributed by atoms with Crippen molar-refractivity contribution in [1.29, 1.82) is 0 Å². The minimum absolute atomic E-state index is 0.0243. The summed E-state index contributed by atoms with van der Waals surface area (Å²) in [5, 5.41) is 2.57. The van der Waals surface area contributed by atoms with Crippen LogP contribution in [-0.2, 0) is 0 Å². The Morgan fingerprint density at radius 2 is 2.05 bits per heavy atom. The molecule has 3 rings (SSSR count). The molecular weight excluding hydrogens is 268 g/mol. The Morgan fingerprint density at radius 3 is 2.81 bits per heavy atom. The fraction of sp³-hybridized carbons (Fsp3) is 0.0667. The second-order valence-electron chi connectivity index (χ2n) is 4.58. The van der Waals surface area contributed by atoms with Crippen molar-refractivity contribution in [3.05, 3.63) is 70.4 Å². The molecule has 0 aliphatic rings. The molecule has 0 spiro atoms. The van der Waals surface area contributed by atoms with Gasteiger partial charge in [-0.25, -0.2) is 9.97 Å². The highest BCUT2D eigenvalue weighted by Crippen LogP contribution is 2.05. The van der Waals surface area contributed by atoms with Crippen LogP contribution in [0.4, 0.5) is 5.82 Å². The van der Waals surface area contributed by atoms with E-state index in [0.29, 0.717) is 11.5 Å². The number of nitrogens with one attached hydrogen (secondary N) is 1. The molecule has 0 saturated carbocycles. The van der Waals surface area contributed by atoms with Gasteiger partial charge in [0, 0.05) is 18.6 Å². The molecule has 1 amide bonds. The molecule has 6 nitrogen and oxygen atoms in total. The number of aromatic nitrogens is 3. The predicted octanol–water partition coefficient (Wildman–Crippen LogP) is 1.65. The maximum atomic E-state index is 12.4. The molecule has 3 aromatic heterocycles. The first-order valence-electron chi connectivity index (χ1n) is 6.35. The Kier molecular flexibility index (Phi) is 3.19. The van der Waals surface area contributed by atoms with Crippen LogP contribution in [0.3, 0.4) is 0 Å². The standard InChI is InChI=1S/C15H12N4O2/c1-10-5-6-13-17-8-11(15(21)19(13)9-10)14(20)18-12-4-2-3-7-16-12/h2-9H,1H3,(H,16,18,20). The molecule has 0 atom stereocenters. The number of fused-ring (bicyclic) bond motifs is 1. The number of pyridine rings is 2. The quantitative estimate of drug-likeness (QED) is 0.774. The van der Waals surface area contributed by atoms with Crippen LogP contribution in [-0.4, -0.2) is 20.3 Å². The molecule has 0 saturated heterocycles. The van der Waals surface area contributed by atoms with Crippen LogP contribution in [0.25, 0.3) is 5.65 Å². The summed E-state index contributed by atoms with van der Waals surface area (Å²) in [6.45, 7) is 1.87. The van der Waals surface area contributed by atoms with E-state index in [1.54, 1.807) is 36.7 Å². The molecule has 0 aliphatic heterocycles. The van der Waals surface area contributed by atoms with Crippen molar-refractivity contribution >= 4 is 17.4 Å². The third kappa shape index (κ3) is 2.51. The molecule has 3 aromatic rings.